The predicted octanol–water partition coefficient (Wildman–Crippen LogP) is 5.28. The van der Waals surface area contributed by atoms with Crippen LogP contribution in [0.3, 0.4) is 0 Å². The number of fused-ring (bicyclic) bond motifs is 4. The third kappa shape index (κ3) is 2.40. The maximum absolute atomic E-state index is 13.4. The lowest BCUT2D eigenvalue weighted by Crippen LogP contribution is -2.36. The van der Waals surface area contributed by atoms with Crippen molar-refractivity contribution in [3.8, 4) is 28.1 Å². The summed E-state index contributed by atoms with van der Waals surface area (Å²) in [6, 6.07) is 28.8. The second kappa shape index (κ2) is 6.17. The van der Waals surface area contributed by atoms with E-state index in [0.29, 0.717) is 5.69 Å². The van der Waals surface area contributed by atoms with Crippen molar-refractivity contribution >= 4 is 5.91 Å². The first kappa shape index (κ1) is 17.2. The molecule has 4 aromatic rings. The van der Waals surface area contributed by atoms with E-state index in [-0.39, 0.29) is 11.4 Å². The van der Waals surface area contributed by atoms with Crippen LogP contribution < -0.4 is 0 Å². The Balaban J connectivity index is 1.60. The molecular weight excluding hydrogens is 370 g/mol. The standard InChI is InChI=1S/C26H21N3O/c1-28-25(30)24-17-22(19-10-6-3-7-11-19)27-29(24)23-16-20(18-8-4-2-5-9-18)12-13-21(23)26(28)14-15-26/h2-13,16-17H,14-15H2,1H3. The van der Waals surface area contributed by atoms with Gasteiger partial charge in [0.1, 0.15) is 5.69 Å². The molecule has 1 amide bonds. The van der Waals surface area contributed by atoms with Crippen LogP contribution in [0.2, 0.25) is 0 Å². The minimum atomic E-state index is -0.213. The molecule has 0 unspecified atom stereocenters. The lowest BCUT2D eigenvalue weighted by Gasteiger charge is -2.27. The second-order valence-corrected chi connectivity index (χ2v) is 8.19. The first-order valence-corrected chi connectivity index (χ1v) is 10.3. The van der Waals surface area contributed by atoms with Crippen molar-refractivity contribution in [1.82, 2.24) is 14.7 Å². The predicted molar refractivity (Wildman–Crippen MR) is 117 cm³/mol. The number of nitrogens with zero attached hydrogens (tertiary/aromatic N) is 3. The molecule has 0 saturated heterocycles. The first-order chi connectivity index (χ1) is 14.7. The van der Waals surface area contributed by atoms with Gasteiger partial charge in [0.15, 0.2) is 0 Å². The van der Waals surface area contributed by atoms with Gasteiger partial charge >= 0.3 is 0 Å². The van der Waals surface area contributed by atoms with Gasteiger partial charge in [-0.15, -0.1) is 0 Å². The van der Waals surface area contributed by atoms with Crippen molar-refractivity contribution in [3.05, 3.63) is 96.2 Å². The fourth-order valence-electron chi connectivity index (χ4n) is 4.65. The van der Waals surface area contributed by atoms with E-state index < -0.39 is 0 Å². The molecule has 1 saturated carbocycles. The van der Waals surface area contributed by atoms with Crippen LogP contribution >= 0.6 is 0 Å². The van der Waals surface area contributed by atoms with Crippen LogP contribution in [-0.2, 0) is 5.54 Å². The quantitative estimate of drug-likeness (QED) is 0.466. The highest BCUT2D eigenvalue weighted by molar-refractivity contribution is 5.96. The number of hydrogen-bond acceptors (Lipinski definition) is 2. The molecule has 146 valence electrons. The summed E-state index contributed by atoms with van der Waals surface area (Å²) in [5.41, 5.74) is 6.70. The number of hydrogen-bond donors (Lipinski definition) is 0. The van der Waals surface area contributed by atoms with E-state index >= 15 is 0 Å². The lowest BCUT2D eigenvalue weighted by atomic mass is 9.96. The van der Waals surface area contributed by atoms with E-state index in [2.05, 4.69) is 30.3 Å². The Kier molecular flexibility index (Phi) is 3.54. The number of aromatic nitrogens is 2. The molecule has 30 heavy (non-hydrogen) atoms. The lowest BCUT2D eigenvalue weighted by molar-refractivity contribution is 0.0704. The number of carbonyl (C=O) groups is 1. The molecule has 1 aliphatic heterocycles. The summed E-state index contributed by atoms with van der Waals surface area (Å²) in [5, 5.41) is 4.90. The Labute approximate surface area is 175 Å². The molecule has 6 rings (SSSR count). The van der Waals surface area contributed by atoms with Crippen molar-refractivity contribution in [2.45, 2.75) is 18.4 Å². The van der Waals surface area contributed by atoms with Gasteiger partial charge in [-0.1, -0.05) is 72.8 Å². The highest BCUT2D eigenvalue weighted by Gasteiger charge is 2.53. The second-order valence-electron chi connectivity index (χ2n) is 8.19. The summed E-state index contributed by atoms with van der Waals surface area (Å²) in [4.78, 5) is 15.3. The smallest absolute Gasteiger partial charge is 0.273 e. The summed E-state index contributed by atoms with van der Waals surface area (Å²) >= 11 is 0. The molecule has 0 N–H and O–H groups in total. The fraction of sp³-hybridized carbons (Fsp3) is 0.154. The number of amides is 1. The average molecular weight is 391 g/mol. The topological polar surface area (TPSA) is 38.1 Å². The monoisotopic (exact) mass is 391 g/mol. The zero-order chi connectivity index (χ0) is 20.3. The van der Waals surface area contributed by atoms with E-state index in [9.17, 15) is 4.79 Å². The van der Waals surface area contributed by atoms with Gasteiger partial charge in [0.2, 0.25) is 0 Å². The van der Waals surface area contributed by atoms with Crippen LogP contribution in [0.1, 0.15) is 28.9 Å². The SMILES string of the molecule is CN1C(=O)c2cc(-c3ccccc3)nn2-c2cc(-c3ccccc3)ccc2C12CC2. The Hall–Kier alpha value is -3.66. The van der Waals surface area contributed by atoms with Crippen LogP contribution in [0, 0.1) is 0 Å². The Morgan fingerprint density at radius 1 is 0.800 bits per heavy atom. The van der Waals surface area contributed by atoms with E-state index in [1.807, 2.05) is 71.2 Å². The van der Waals surface area contributed by atoms with Gasteiger partial charge in [0.25, 0.3) is 5.91 Å². The molecule has 1 aliphatic carbocycles. The fourth-order valence-corrected chi connectivity index (χ4v) is 4.65. The third-order valence-corrected chi connectivity index (χ3v) is 6.50. The van der Waals surface area contributed by atoms with Crippen LogP contribution in [0.4, 0.5) is 0 Å². The summed E-state index contributed by atoms with van der Waals surface area (Å²) in [5.74, 6) is 0.0274. The zero-order valence-electron chi connectivity index (χ0n) is 16.7. The maximum Gasteiger partial charge on any atom is 0.273 e. The normalized spacial score (nSPS) is 16.2. The van der Waals surface area contributed by atoms with Gasteiger partial charge in [0, 0.05) is 18.2 Å². The molecule has 0 atom stereocenters. The van der Waals surface area contributed by atoms with Crippen LogP contribution in [0.25, 0.3) is 28.1 Å². The van der Waals surface area contributed by atoms with Crippen molar-refractivity contribution in [1.29, 1.82) is 0 Å². The van der Waals surface area contributed by atoms with Crippen LogP contribution in [-0.4, -0.2) is 27.6 Å². The summed E-state index contributed by atoms with van der Waals surface area (Å²) in [6.07, 6.45) is 1.98. The average Bonchev–Trinajstić information content (AvgIpc) is 3.50. The molecule has 0 radical (unpaired) electrons. The molecular formula is C26H21N3O. The van der Waals surface area contributed by atoms with Crippen LogP contribution in [0.15, 0.2) is 84.9 Å². The van der Waals surface area contributed by atoms with Crippen molar-refractivity contribution < 1.29 is 4.79 Å². The summed E-state index contributed by atoms with van der Waals surface area (Å²) in [6.45, 7) is 0. The van der Waals surface area contributed by atoms with Gasteiger partial charge in [0.05, 0.1) is 16.9 Å². The minimum absolute atomic E-state index is 0.0274. The van der Waals surface area contributed by atoms with Gasteiger partial charge in [-0.2, -0.15) is 5.10 Å². The van der Waals surface area contributed by atoms with Gasteiger partial charge in [-0.3, -0.25) is 4.79 Å². The Morgan fingerprint density at radius 3 is 2.13 bits per heavy atom. The zero-order valence-corrected chi connectivity index (χ0v) is 16.7. The maximum atomic E-state index is 13.4. The molecule has 4 nitrogen and oxygen atoms in total. The van der Waals surface area contributed by atoms with Crippen molar-refractivity contribution in [2.75, 3.05) is 7.05 Å². The van der Waals surface area contributed by atoms with E-state index in [0.717, 1.165) is 40.9 Å². The van der Waals surface area contributed by atoms with Crippen LogP contribution in [0.5, 0.6) is 0 Å². The van der Waals surface area contributed by atoms with Gasteiger partial charge in [-0.25, -0.2) is 4.68 Å². The Morgan fingerprint density at radius 2 is 1.47 bits per heavy atom. The first-order valence-electron chi connectivity index (χ1n) is 10.3. The minimum Gasteiger partial charge on any atom is -0.331 e. The van der Waals surface area contributed by atoms with Crippen molar-refractivity contribution in [2.24, 2.45) is 0 Å². The van der Waals surface area contributed by atoms with E-state index in [4.69, 9.17) is 5.10 Å². The summed E-state index contributed by atoms with van der Waals surface area (Å²) in [7, 11) is 1.93. The number of carbonyl (C=O) groups excluding carboxylic acids is 1. The highest BCUT2D eigenvalue weighted by Crippen LogP contribution is 2.54. The van der Waals surface area contributed by atoms with Gasteiger partial charge in [-0.05, 0) is 36.1 Å². The molecule has 3 aromatic carbocycles. The largest absolute Gasteiger partial charge is 0.331 e. The highest BCUT2D eigenvalue weighted by atomic mass is 16.2. The molecule has 1 spiro atoms. The van der Waals surface area contributed by atoms with Gasteiger partial charge < -0.3 is 4.90 Å². The molecule has 1 fully saturated rings. The van der Waals surface area contributed by atoms with Crippen molar-refractivity contribution in [3.63, 3.8) is 0 Å². The molecule has 2 heterocycles. The van der Waals surface area contributed by atoms with E-state index in [1.54, 1.807) is 0 Å². The molecule has 1 aromatic heterocycles. The van der Waals surface area contributed by atoms with E-state index in [1.165, 1.54) is 5.56 Å². The molecule has 2 aliphatic rings. The molecule has 0 bridgehead atoms. The summed E-state index contributed by atoms with van der Waals surface area (Å²) < 4.78 is 1.86. The third-order valence-electron chi connectivity index (χ3n) is 6.50. The number of rotatable bonds is 2. The number of benzene rings is 3. The Bertz CT molecular complexity index is 1270. The molecule has 4 heteroatoms.